The van der Waals surface area contributed by atoms with Crippen LogP contribution in [0.1, 0.15) is 61.3 Å². The molecule has 160 valence electrons. The average molecular weight is 428 g/mol. The number of ether oxygens (including phenoxy) is 1. The number of hydrogen-bond acceptors (Lipinski definition) is 4. The van der Waals surface area contributed by atoms with E-state index in [9.17, 15) is 13.2 Å². The van der Waals surface area contributed by atoms with Crippen molar-refractivity contribution >= 4 is 27.8 Å². The molecular formula is C24H29NO4S. The van der Waals surface area contributed by atoms with Crippen molar-refractivity contribution in [3.05, 3.63) is 71.3 Å². The first-order valence-electron chi connectivity index (χ1n) is 10.4. The van der Waals surface area contributed by atoms with Crippen molar-refractivity contribution in [2.45, 2.75) is 57.9 Å². The van der Waals surface area contributed by atoms with Gasteiger partial charge < -0.3 is 4.74 Å². The molecule has 1 heterocycles. The highest BCUT2D eigenvalue weighted by Crippen LogP contribution is 2.40. The zero-order valence-corrected chi connectivity index (χ0v) is 18.6. The van der Waals surface area contributed by atoms with Crippen LogP contribution in [0, 0.1) is 0 Å². The van der Waals surface area contributed by atoms with Gasteiger partial charge in [0, 0.05) is 18.5 Å². The Labute approximate surface area is 179 Å². The number of nitrogens with zero attached hydrogens (tertiary/aromatic N) is 1. The summed E-state index contributed by atoms with van der Waals surface area (Å²) in [7, 11) is -4.06. The third kappa shape index (κ3) is 4.15. The molecule has 0 saturated heterocycles. The minimum Gasteiger partial charge on any atom is -0.439 e. The summed E-state index contributed by atoms with van der Waals surface area (Å²) in [6.45, 7) is 9.08. The molecule has 6 heteroatoms. The number of sulfonamides is 1. The minimum absolute atomic E-state index is 0.191. The van der Waals surface area contributed by atoms with Gasteiger partial charge in [0.05, 0.1) is 5.69 Å². The van der Waals surface area contributed by atoms with Crippen LogP contribution in [0.25, 0.3) is 6.08 Å². The van der Waals surface area contributed by atoms with Crippen LogP contribution in [0.15, 0.2) is 49.0 Å². The Hall–Kier alpha value is -2.60. The van der Waals surface area contributed by atoms with E-state index in [0.717, 1.165) is 24.8 Å². The number of carbonyl (C=O) groups is 1. The number of rotatable bonds is 7. The Morgan fingerprint density at radius 1 is 1.27 bits per heavy atom. The molecule has 0 aromatic heterocycles. The average Bonchev–Trinajstić information content (AvgIpc) is 2.75. The van der Waals surface area contributed by atoms with Crippen LogP contribution in [0.4, 0.5) is 5.69 Å². The maximum Gasteiger partial charge on any atom is 0.304 e. The van der Waals surface area contributed by atoms with E-state index >= 15 is 0 Å². The van der Waals surface area contributed by atoms with Gasteiger partial charge in [0.15, 0.2) is 0 Å². The monoisotopic (exact) mass is 427 g/mol. The van der Waals surface area contributed by atoms with Crippen LogP contribution < -0.4 is 4.31 Å². The summed E-state index contributed by atoms with van der Waals surface area (Å²) >= 11 is 0. The predicted octanol–water partition coefficient (Wildman–Crippen LogP) is 5.01. The molecule has 2 atom stereocenters. The fourth-order valence-electron chi connectivity index (χ4n) is 4.07. The summed E-state index contributed by atoms with van der Waals surface area (Å²) in [6.07, 6.45) is 4.70. The van der Waals surface area contributed by atoms with Crippen molar-refractivity contribution in [3.8, 4) is 0 Å². The number of benzene rings is 2. The van der Waals surface area contributed by atoms with Gasteiger partial charge >= 0.3 is 5.97 Å². The molecule has 2 aromatic rings. The van der Waals surface area contributed by atoms with Gasteiger partial charge in [-0.15, -0.1) is 0 Å². The number of anilines is 1. The second-order valence-corrected chi connectivity index (χ2v) is 9.38. The SMILES string of the molecule is C=Cc1ccccc1C(OC(C)=O)S(=O)(=O)N1c2ccc(CC)cc2CCC1CC. The third-order valence-corrected chi connectivity index (χ3v) is 7.56. The molecule has 2 unspecified atom stereocenters. The van der Waals surface area contributed by atoms with Crippen LogP contribution >= 0.6 is 0 Å². The number of carbonyl (C=O) groups excluding carboxylic acids is 1. The highest BCUT2D eigenvalue weighted by atomic mass is 32.2. The topological polar surface area (TPSA) is 63.7 Å². The lowest BCUT2D eigenvalue weighted by Gasteiger charge is -2.39. The predicted molar refractivity (Wildman–Crippen MR) is 121 cm³/mol. The van der Waals surface area contributed by atoms with Gasteiger partial charge in [-0.1, -0.05) is 62.9 Å². The molecule has 30 heavy (non-hydrogen) atoms. The first-order valence-corrected chi connectivity index (χ1v) is 11.9. The number of esters is 1. The van der Waals surface area contributed by atoms with E-state index < -0.39 is 21.4 Å². The highest BCUT2D eigenvalue weighted by molar-refractivity contribution is 7.93. The normalized spacial score (nSPS) is 17.2. The van der Waals surface area contributed by atoms with Gasteiger partial charge in [0.1, 0.15) is 0 Å². The fourth-order valence-corrected chi connectivity index (χ4v) is 6.20. The lowest BCUT2D eigenvalue weighted by atomic mass is 9.94. The van der Waals surface area contributed by atoms with E-state index in [-0.39, 0.29) is 6.04 Å². The molecule has 5 nitrogen and oxygen atoms in total. The van der Waals surface area contributed by atoms with Gasteiger partial charge in [0.25, 0.3) is 10.0 Å². The lowest BCUT2D eigenvalue weighted by molar-refractivity contribution is -0.143. The van der Waals surface area contributed by atoms with E-state index in [1.165, 1.54) is 16.8 Å². The summed E-state index contributed by atoms with van der Waals surface area (Å²) in [4.78, 5) is 11.9. The minimum atomic E-state index is -4.06. The zero-order valence-electron chi connectivity index (χ0n) is 17.8. The van der Waals surface area contributed by atoms with Crippen LogP contribution in [0.5, 0.6) is 0 Å². The smallest absolute Gasteiger partial charge is 0.304 e. The van der Waals surface area contributed by atoms with Crippen molar-refractivity contribution in [2.75, 3.05) is 4.31 Å². The third-order valence-electron chi connectivity index (χ3n) is 5.63. The molecule has 1 aliphatic rings. The second-order valence-electron chi connectivity index (χ2n) is 7.53. The Balaban J connectivity index is 2.18. The maximum absolute atomic E-state index is 14.0. The molecule has 0 spiro atoms. The summed E-state index contributed by atoms with van der Waals surface area (Å²) in [5, 5.41) is 0. The van der Waals surface area contributed by atoms with Gasteiger partial charge in [-0.3, -0.25) is 9.10 Å². The molecule has 3 rings (SSSR count). The standard InChI is InChI=1S/C24H29NO4S/c1-5-18-12-15-23-20(16-18)13-14-21(7-3)25(23)30(27,28)24(29-17(4)26)22-11-9-8-10-19(22)6-2/h6,8-12,15-16,21,24H,2,5,7,13-14H2,1,3-4H3. The zero-order chi connectivity index (χ0) is 21.9. The van der Waals surface area contributed by atoms with Gasteiger partial charge in [-0.05, 0) is 48.4 Å². The Bertz CT molecular complexity index is 1040. The molecular weight excluding hydrogens is 398 g/mol. The van der Waals surface area contributed by atoms with Gasteiger partial charge in [-0.2, -0.15) is 0 Å². The molecule has 0 N–H and O–H groups in total. The van der Waals surface area contributed by atoms with E-state index in [1.54, 1.807) is 30.3 Å². The van der Waals surface area contributed by atoms with Crippen LogP contribution in [0.2, 0.25) is 0 Å². The summed E-state index contributed by atoms with van der Waals surface area (Å²) in [5.41, 5.74) is 2.47. The first-order chi connectivity index (χ1) is 14.3. The van der Waals surface area contributed by atoms with Crippen LogP contribution in [0.3, 0.4) is 0 Å². The van der Waals surface area contributed by atoms with E-state index in [2.05, 4.69) is 19.6 Å². The van der Waals surface area contributed by atoms with Crippen molar-refractivity contribution in [1.29, 1.82) is 0 Å². The van der Waals surface area contributed by atoms with Gasteiger partial charge in [-0.25, -0.2) is 8.42 Å². The Morgan fingerprint density at radius 3 is 2.63 bits per heavy atom. The molecule has 0 aliphatic carbocycles. The maximum atomic E-state index is 14.0. The molecule has 0 radical (unpaired) electrons. The van der Waals surface area contributed by atoms with E-state index in [4.69, 9.17) is 4.74 Å². The molecule has 1 aliphatic heterocycles. The van der Waals surface area contributed by atoms with Crippen LogP contribution in [-0.4, -0.2) is 20.4 Å². The molecule has 2 aromatic carbocycles. The van der Waals surface area contributed by atoms with Crippen molar-refractivity contribution < 1.29 is 17.9 Å². The lowest BCUT2D eigenvalue weighted by Crippen LogP contribution is -2.46. The van der Waals surface area contributed by atoms with Crippen molar-refractivity contribution in [2.24, 2.45) is 0 Å². The first kappa shape index (κ1) is 22.1. The fraction of sp³-hybridized carbons (Fsp3) is 0.375. The van der Waals surface area contributed by atoms with Gasteiger partial charge in [0.2, 0.25) is 5.44 Å². The number of fused-ring (bicyclic) bond motifs is 1. The van der Waals surface area contributed by atoms with E-state index in [1.807, 2.05) is 19.1 Å². The number of aryl methyl sites for hydroxylation is 2. The quantitative estimate of drug-likeness (QED) is 0.583. The summed E-state index contributed by atoms with van der Waals surface area (Å²) < 4.78 is 34.9. The van der Waals surface area contributed by atoms with Crippen molar-refractivity contribution in [3.63, 3.8) is 0 Å². The Kier molecular flexibility index (Phi) is 6.66. The van der Waals surface area contributed by atoms with Crippen molar-refractivity contribution in [1.82, 2.24) is 0 Å². The Morgan fingerprint density at radius 2 is 2.00 bits per heavy atom. The highest BCUT2D eigenvalue weighted by Gasteiger charge is 2.42. The number of hydrogen-bond donors (Lipinski definition) is 0. The molecule has 0 fully saturated rings. The largest absolute Gasteiger partial charge is 0.439 e. The molecule has 0 amide bonds. The second kappa shape index (κ2) is 9.04. The van der Waals surface area contributed by atoms with E-state index in [0.29, 0.717) is 23.2 Å². The van der Waals surface area contributed by atoms with Crippen LogP contribution in [-0.2, 0) is 32.4 Å². The summed E-state index contributed by atoms with van der Waals surface area (Å²) in [6, 6.07) is 12.7. The molecule has 0 bridgehead atoms. The summed E-state index contributed by atoms with van der Waals surface area (Å²) in [5.74, 6) is -0.644. The molecule has 0 saturated carbocycles.